The number of nitrogens with one attached hydrogen (secondary N) is 1. The summed E-state index contributed by atoms with van der Waals surface area (Å²) in [4.78, 5) is 29.2. The standard InChI is InChI=1S/C28H26FN3O3/c1-18(33)20-6-5-7-22(16-20)31-28(34)25-15-14-24(35-25)27-26(19-10-12-21(29)13-11-19)30-17-32(27)23-8-3-2-4-9-23/h5-7,10-17,23H,2-4,8-9H2,1H3,(H,31,34). The summed E-state index contributed by atoms with van der Waals surface area (Å²) in [6.07, 6.45) is 7.44. The highest BCUT2D eigenvalue weighted by molar-refractivity contribution is 6.03. The number of carbonyl (C=O) groups excluding carboxylic acids is 2. The Hall–Kier alpha value is -4.00. The molecule has 0 atom stereocenters. The Morgan fingerprint density at radius 1 is 1.03 bits per heavy atom. The van der Waals surface area contributed by atoms with E-state index in [1.807, 2.05) is 6.33 Å². The molecule has 0 saturated heterocycles. The van der Waals surface area contributed by atoms with Crippen LogP contribution in [0.25, 0.3) is 22.7 Å². The van der Waals surface area contributed by atoms with Gasteiger partial charge in [-0.2, -0.15) is 0 Å². The number of hydrogen-bond donors (Lipinski definition) is 1. The normalized spacial score (nSPS) is 14.1. The lowest BCUT2D eigenvalue weighted by atomic mass is 9.95. The van der Waals surface area contributed by atoms with Crippen molar-refractivity contribution in [2.45, 2.75) is 45.1 Å². The van der Waals surface area contributed by atoms with Crippen LogP contribution in [0.1, 0.15) is 66.0 Å². The molecule has 35 heavy (non-hydrogen) atoms. The molecule has 7 heteroatoms. The van der Waals surface area contributed by atoms with E-state index in [-0.39, 0.29) is 23.4 Å². The number of furan rings is 1. The van der Waals surface area contributed by atoms with E-state index >= 15 is 0 Å². The van der Waals surface area contributed by atoms with Gasteiger partial charge in [0.15, 0.2) is 17.3 Å². The number of halogens is 1. The molecule has 5 rings (SSSR count). The summed E-state index contributed by atoms with van der Waals surface area (Å²) >= 11 is 0. The molecule has 1 fully saturated rings. The zero-order valence-electron chi connectivity index (χ0n) is 19.5. The average molecular weight is 472 g/mol. The van der Waals surface area contributed by atoms with Gasteiger partial charge in [-0.05, 0) is 68.3 Å². The molecule has 4 aromatic rings. The number of imidazole rings is 1. The molecule has 0 aliphatic heterocycles. The number of Topliss-reactive ketones (excluding diaryl/α,β-unsaturated/α-hetero) is 1. The predicted molar refractivity (Wildman–Crippen MR) is 132 cm³/mol. The van der Waals surface area contributed by atoms with Crippen molar-refractivity contribution in [3.63, 3.8) is 0 Å². The lowest BCUT2D eigenvalue weighted by Gasteiger charge is -2.24. The smallest absolute Gasteiger partial charge is 0.291 e. The summed E-state index contributed by atoms with van der Waals surface area (Å²) in [6, 6.07) is 16.7. The van der Waals surface area contributed by atoms with Crippen molar-refractivity contribution in [1.82, 2.24) is 9.55 Å². The molecule has 0 unspecified atom stereocenters. The van der Waals surface area contributed by atoms with Crippen molar-refractivity contribution in [3.05, 3.63) is 84.1 Å². The zero-order valence-corrected chi connectivity index (χ0v) is 19.5. The summed E-state index contributed by atoms with van der Waals surface area (Å²) in [5, 5.41) is 2.79. The number of amides is 1. The van der Waals surface area contributed by atoms with Gasteiger partial charge in [0.1, 0.15) is 11.5 Å². The van der Waals surface area contributed by atoms with Gasteiger partial charge in [-0.3, -0.25) is 9.59 Å². The molecule has 6 nitrogen and oxygen atoms in total. The monoisotopic (exact) mass is 471 g/mol. The fourth-order valence-corrected chi connectivity index (χ4v) is 4.66. The Morgan fingerprint density at radius 2 is 1.80 bits per heavy atom. The first kappa shape index (κ1) is 22.8. The van der Waals surface area contributed by atoms with Crippen LogP contribution in [0.4, 0.5) is 10.1 Å². The lowest BCUT2D eigenvalue weighted by Crippen LogP contribution is -2.13. The minimum Gasteiger partial charge on any atom is -0.449 e. The minimum absolute atomic E-state index is 0.0781. The fraction of sp³-hybridized carbons (Fsp3) is 0.250. The fourth-order valence-electron chi connectivity index (χ4n) is 4.66. The van der Waals surface area contributed by atoms with Crippen LogP contribution < -0.4 is 5.32 Å². The molecule has 1 aliphatic carbocycles. The third-order valence-electron chi connectivity index (χ3n) is 6.47. The number of hydrogen-bond acceptors (Lipinski definition) is 4. The van der Waals surface area contributed by atoms with E-state index in [1.165, 1.54) is 25.5 Å². The van der Waals surface area contributed by atoms with Gasteiger partial charge in [0.05, 0.1) is 12.0 Å². The maximum Gasteiger partial charge on any atom is 0.291 e. The maximum atomic E-state index is 13.6. The van der Waals surface area contributed by atoms with E-state index in [0.29, 0.717) is 22.7 Å². The van der Waals surface area contributed by atoms with Crippen LogP contribution in [0.5, 0.6) is 0 Å². The summed E-state index contributed by atoms with van der Waals surface area (Å²) in [5.74, 6) is -0.132. The Labute approximate surface area is 202 Å². The van der Waals surface area contributed by atoms with E-state index in [4.69, 9.17) is 4.42 Å². The second-order valence-electron chi connectivity index (χ2n) is 8.90. The quantitative estimate of drug-likeness (QED) is 0.310. The highest BCUT2D eigenvalue weighted by atomic mass is 19.1. The van der Waals surface area contributed by atoms with Gasteiger partial charge in [-0.1, -0.05) is 31.4 Å². The molecule has 2 aromatic heterocycles. The highest BCUT2D eigenvalue weighted by Gasteiger charge is 2.25. The molecule has 1 saturated carbocycles. The van der Waals surface area contributed by atoms with Gasteiger partial charge >= 0.3 is 0 Å². The van der Waals surface area contributed by atoms with Gasteiger partial charge < -0.3 is 14.3 Å². The van der Waals surface area contributed by atoms with Crippen LogP contribution in [-0.2, 0) is 0 Å². The average Bonchev–Trinajstić information content (AvgIpc) is 3.53. The first-order valence-electron chi connectivity index (χ1n) is 11.8. The van der Waals surface area contributed by atoms with E-state index < -0.39 is 5.91 Å². The Bertz CT molecular complexity index is 1360. The first-order chi connectivity index (χ1) is 17.0. The topological polar surface area (TPSA) is 77.1 Å². The molecule has 2 heterocycles. The largest absolute Gasteiger partial charge is 0.449 e. The molecule has 1 amide bonds. The van der Waals surface area contributed by atoms with Crippen molar-refractivity contribution in [2.24, 2.45) is 0 Å². The summed E-state index contributed by atoms with van der Waals surface area (Å²) in [6.45, 7) is 1.48. The van der Waals surface area contributed by atoms with Gasteiger partial charge in [0, 0.05) is 22.9 Å². The maximum absolute atomic E-state index is 13.6. The van der Waals surface area contributed by atoms with Crippen molar-refractivity contribution < 1.29 is 18.4 Å². The molecular formula is C28H26FN3O3. The number of carbonyl (C=O) groups is 2. The molecule has 0 radical (unpaired) electrons. The first-order valence-corrected chi connectivity index (χ1v) is 11.8. The molecule has 2 aromatic carbocycles. The molecule has 0 spiro atoms. The van der Waals surface area contributed by atoms with Crippen molar-refractivity contribution in [3.8, 4) is 22.7 Å². The van der Waals surface area contributed by atoms with E-state index in [1.54, 1.807) is 48.5 Å². The Morgan fingerprint density at radius 3 is 2.54 bits per heavy atom. The summed E-state index contributed by atoms with van der Waals surface area (Å²) in [5.41, 5.74) is 3.27. The number of nitrogens with zero attached hydrogens (tertiary/aromatic N) is 2. The van der Waals surface area contributed by atoms with Crippen molar-refractivity contribution in [2.75, 3.05) is 5.32 Å². The highest BCUT2D eigenvalue weighted by Crippen LogP contribution is 2.38. The minimum atomic E-state index is -0.413. The molecule has 0 bridgehead atoms. The number of aromatic nitrogens is 2. The van der Waals surface area contributed by atoms with Gasteiger partial charge in [0.25, 0.3) is 5.91 Å². The number of rotatable bonds is 6. The van der Waals surface area contributed by atoms with Crippen LogP contribution in [0.3, 0.4) is 0 Å². The van der Waals surface area contributed by atoms with E-state index in [0.717, 1.165) is 36.9 Å². The van der Waals surface area contributed by atoms with Crippen LogP contribution in [0, 0.1) is 5.82 Å². The molecule has 1 aliphatic rings. The number of anilines is 1. The van der Waals surface area contributed by atoms with Gasteiger partial charge in [-0.25, -0.2) is 9.37 Å². The summed E-state index contributed by atoms with van der Waals surface area (Å²) in [7, 11) is 0. The van der Waals surface area contributed by atoms with Crippen LogP contribution >= 0.6 is 0 Å². The SMILES string of the molecule is CC(=O)c1cccc(NC(=O)c2ccc(-c3c(-c4ccc(F)cc4)ncn3C3CCCCC3)o2)c1. The van der Waals surface area contributed by atoms with E-state index in [9.17, 15) is 14.0 Å². The second kappa shape index (κ2) is 9.70. The van der Waals surface area contributed by atoms with Gasteiger partial charge in [-0.15, -0.1) is 0 Å². The lowest BCUT2D eigenvalue weighted by molar-refractivity contribution is 0.0992. The summed E-state index contributed by atoms with van der Waals surface area (Å²) < 4.78 is 21.7. The Kier molecular flexibility index (Phi) is 6.31. The van der Waals surface area contributed by atoms with Crippen molar-refractivity contribution in [1.29, 1.82) is 0 Å². The predicted octanol–water partition coefficient (Wildman–Crippen LogP) is 6.91. The third kappa shape index (κ3) is 4.80. The molecule has 1 N–H and O–H groups in total. The van der Waals surface area contributed by atoms with Gasteiger partial charge in [0.2, 0.25) is 0 Å². The van der Waals surface area contributed by atoms with E-state index in [2.05, 4.69) is 14.9 Å². The zero-order chi connectivity index (χ0) is 24.4. The number of ketones is 1. The van der Waals surface area contributed by atoms with Crippen molar-refractivity contribution >= 4 is 17.4 Å². The second-order valence-corrected chi connectivity index (χ2v) is 8.90. The third-order valence-corrected chi connectivity index (χ3v) is 6.47. The number of benzene rings is 2. The Balaban J connectivity index is 1.48. The molecular weight excluding hydrogens is 445 g/mol. The van der Waals surface area contributed by atoms with Crippen LogP contribution in [0.2, 0.25) is 0 Å². The van der Waals surface area contributed by atoms with Crippen LogP contribution in [-0.4, -0.2) is 21.2 Å². The molecule has 178 valence electrons. The van der Waals surface area contributed by atoms with Crippen LogP contribution in [0.15, 0.2) is 71.4 Å².